The van der Waals surface area contributed by atoms with Crippen LogP contribution in [0.15, 0.2) is 54.6 Å². The topological polar surface area (TPSA) is 56.8 Å². The maximum atomic E-state index is 13.6. The summed E-state index contributed by atoms with van der Waals surface area (Å²) >= 11 is 0. The van der Waals surface area contributed by atoms with E-state index in [1.54, 1.807) is 7.11 Å². The molecule has 0 aliphatic heterocycles. The third-order valence-electron chi connectivity index (χ3n) is 7.12. The van der Waals surface area contributed by atoms with E-state index in [-0.39, 0.29) is 17.1 Å². The van der Waals surface area contributed by atoms with Gasteiger partial charge in [-0.2, -0.15) is 0 Å². The fourth-order valence-corrected chi connectivity index (χ4v) is 4.99. The van der Waals surface area contributed by atoms with Gasteiger partial charge in [-0.15, -0.1) is 0 Å². The summed E-state index contributed by atoms with van der Waals surface area (Å²) in [6.07, 6.45) is 4.46. The second-order valence-corrected chi connectivity index (χ2v) is 16.2. The highest BCUT2D eigenvalue weighted by Gasteiger charge is 2.42. The molecule has 0 unspecified atom stereocenters. The Kier molecular flexibility index (Phi) is 11.0. The zero-order valence-electron chi connectivity index (χ0n) is 23.6. The fraction of sp³-hybridized carbons (Fsp3) is 0.567. The minimum atomic E-state index is -1.71. The van der Waals surface area contributed by atoms with E-state index in [1.807, 2.05) is 68.4 Å². The minimum Gasteiger partial charge on any atom is -0.497 e. The molecule has 0 saturated heterocycles. The summed E-state index contributed by atoms with van der Waals surface area (Å²) in [7, 11) is -0.0615. The van der Waals surface area contributed by atoms with Crippen molar-refractivity contribution in [2.45, 2.75) is 96.5 Å². The van der Waals surface area contributed by atoms with Crippen molar-refractivity contribution in [3.8, 4) is 5.75 Å². The zero-order chi connectivity index (χ0) is 26.8. The van der Waals surface area contributed by atoms with Crippen LogP contribution in [0.3, 0.4) is 0 Å². The van der Waals surface area contributed by atoms with Crippen LogP contribution in [0.5, 0.6) is 5.75 Å². The van der Waals surface area contributed by atoms with E-state index in [2.05, 4.69) is 39.2 Å². The first-order valence-corrected chi connectivity index (χ1v) is 16.1. The average molecular weight is 514 g/mol. The minimum absolute atomic E-state index is 0.203. The first kappa shape index (κ1) is 29.9. The summed E-state index contributed by atoms with van der Waals surface area (Å²) in [5.41, 5.74) is 0.786. The number of unbranched alkanes of at least 4 members (excludes halogenated alkanes) is 3. The molecule has 0 saturated carbocycles. The molecule has 0 bridgehead atoms. The molecule has 0 amide bonds. The zero-order valence-corrected chi connectivity index (χ0v) is 24.6. The van der Waals surface area contributed by atoms with Crippen LogP contribution in [-0.4, -0.2) is 34.1 Å². The van der Waals surface area contributed by atoms with Crippen LogP contribution in [-0.2, 0) is 19.5 Å². The number of esters is 1. The maximum absolute atomic E-state index is 13.6. The number of anilines is 1. The van der Waals surface area contributed by atoms with Gasteiger partial charge in [-0.3, -0.25) is 0 Å². The van der Waals surface area contributed by atoms with E-state index >= 15 is 0 Å². The Balaban J connectivity index is 2.15. The van der Waals surface area contributed by atoms with Crippen LogP contribution in [0.25, 0.3) is 0 Å². The molecule has 2 aromatic carbocycles. The highest BCUT2D eigenvalue weighted by molar-refractivity contribution is 6.74. The lowest BCUT2D eigenvalue weighted by Gasteiger charge is -2.36. The lowest BCUT2D eigenvalue weighted by Crippen LogP contribution is -2.45. The van der Waals surface area contributed by atoms with Gasteiger partial charge in [0.2, 0.25) is 0 Å². The number of hydrogen-bond donors (Lipinski definition) is 1. The van der Waals surface area contributed by atoms with Crippen molar-refractivity contribution in [3.63, 3.8) is 0 Å². The molecule has 0 aromatic heterocycles. The van der Waals surface area contributed by atoms with Crippen molar-refractivity contribution in [1.29, 1.82) is 0 Å². The van der Waals surface area contributed by atoms with Crippen LogP contribution in [0.1, 0.15) is 72.3 Å². The van der Waals surface area contributed by atoms with Crippen molar-refractivity contribution in [2.75, 3.05) is 19.0 Å². The molecular formula is C30H47NO4Si. The second kappa shape index (κ2) is 13.3. The van der Waals surface area contributed by atoms with Crippen LogP contribution < -0.4 is 10.1 Å². The van der Waals surface area contributed by atoms with Gasteiger partial charge < -0.3 is 19.2 Å². The van der Waals surface area contributed by atoms with Gasteiger partial charge in [0.1, 0.15) is 5.75 Å². The van der Waals surface area contributed by atoms with Gasteiger partial charge >= 0.3 is 5.97 Å². The van der Waals surface area contributed by atoms with Crippen molar-refractivity contribution in [3.05, 3.63) is 60.2 Å². The average Bonchev–Trinajstić information content (AvgIpc) is 2.82. The van der Waals surface area contributed by atoms with E-state index in [4.69, 9.17) is 13.9 Å². The van der Waals surface area contributed by atoms with Crippen molar-refractivity contribution in [1.82, 2.24) is 0 Å². The Labute approximate surface area is 220 Å². The molecule has 36 heavy (non-hydrogen) atoms. The fourth-order valence-electron chi connectivity index (χ4n) is 3.90. The summed E-state index contributed by atoms with van der Waals surface area (Å²) in [5, 5.41) is 3.78. The highest BCUT2D eigenvalue weighted by Crippen LogP contribution is 2.37. The molecule has 5 nitrogen and oxygen atoms in total. The van der Waals surface area contributed by atoms with Gasteiger partial charge in [0.15, 0.2) is 13.9 Å². The predicted molar refractivity (Wildman–Crippen MR) is 152 cm³/mol. The molecule has 1 atom stereocenters. The van der Waals surface area contributed by atoms with Crippen molar-refractivity contribution < 1.29 is 18.7 Å². The Bertz CT molecular complexity index is 922. The molecule has 0 heterocycles. The predicted octanol–water partition coefficient (Wildman–Crippen LogP) is 7.93. The van der Waals surface area contributed by atoms with E-state index in [1.165, 1.54) is 0 Å². The smallest absolute Gasteiger partial charge is 0.336 e. The lowest BCUT2D eigenvalue weighted by atomic mass is 9.84. The first-order chi connectivity index (χ1) is 16.9. The molecule has 0 aliphatic rings. The number of nitrogens with one attached hydrogen (secondary N) is 1. The largest absolute Gasteiger partial charge is 0.497 e. The molecule has 0 fully saturated rings. The first-order valence-electron chi connectivity index (χ1n) is 13.2. The molecule has 0 spiro atoms. The molecule has 0 aliphatic carbocycles. The van der Waals surface area contributed by atoms with Crippen molar-refractivity contribution >= 4 is 20.0 Å². The van der Waals surface area contributed by atoms with E-state index in [0.717, 1.165) is 49.3 Å². The number of rotatable bonds is 14. The number of benzene rings is 2. The van der Waals surface area contributed by atoms with Crippen LogP contribution in [0, 0.1) is 0 Å². The third kappa shape index (κ3) is 8.38. The summed E-state index contributed by atoms with van der Waals surface area (Å²) < 4.78 is 17.5. The van der Waals surface area contributed by atoms with Crippen LogP contribution in [0.4, 0.5) is 5.69 Å². The number of hydrogen-bond acceptors (Lipinski definition) is 5. The highest BCUT2D eigenvalue weighted by atomic mass is 28.4. The molecule has 0 radical (unpaired) electrons. The van der Waals surface area contributed by atoms with Gasteiger partial charge in [-0.25, -0.2) is 4.79 Å². The van der Waals surface area contributed by atoms with Crippen LogP contribution >= 0.6 is 0 Å². The van der Waals surface area contributed by atoms with E-state index in [0.29, 0.717) is 6.42 Å². The number of methoxy groups -OCH3 is 1. The van der Waals surface area contributed by atoms with Crippen LogP contribution in [0.2, 0.25) is 18.1 Å². The Morgan fingerprint density at radius 2 is 1.53 bits per heavy atom. The van der Waals surface area contributed by atoms with Gasteiger partial charge in [-0.1, -0.05) is 70.4 Å². The summed E-state index contributed by atoms with van der Waals surface area (Å²) in [4.78, 5) is 13.6. The molecule has 2 aromatic rings. The van der Waals surface area contributed by atoms with Gasteiger partial charge in [-0.05, 0) is 74.7 Å². The standard InChI is InChI=1S/C30H47NO4Si/c1-24(2)35-28(32)30(25-16-12-11-13-17-25,31-26-18-20-27(33-6)21-19-26)22-14-9-10-15-23-34-36(7,8)29(3,4)5/h11-13,16-21,24,31H,9-10,14-15,22-23H2,1-8H3/t30-/m0/s1. The molecule has 1 N–H and O–H groups in total. The summed E-state index contributed by atoms with van der Waals surface area (Å²) in [6, 6.07) is 17.6. The second-order valence-electron chi connectivity index (χ2n) is 11.4. The molecular weight excluding hydrogens is 466 g/mol. The van der Waals surface area contributed by atoms with Gasteiger partial charge in [0.05, 0.1) is 13.2 Å². The van der Waals surface area contributed by atoms with Gasteiger partial charge in [0.25, 0.3) is 0 Å². The molecule has 200 valence electrons. The maximum Gasteiger partial charge on any atom is 0.336 e. The molecule has 2 rings (SSSR count). The third-order valence-corrected chi connectivity index (χ3v) is 11.7. The Hall–Kier alpha value is -2.31. The number of ether oxygens (including phenoxy) is 2. The van der Waals surface area contributed by atoms with Gasteiger partial charge in [0, 0.05) is 12.3 Å². The number of carbonyl (C=O) groups is 1. The molecule has 6 heteroatoms. The quantitative estimate of drug-likeness (QED) is 0.158. The SMILES string of the molecule is COc1ccc(N[C@](CCCCCCO[Si](C)(C)C(C)(C)C)(C(=O)OC(C)C)c2ccccc2)cc1. The monoisotopic (exact) mass is 513 g/mol. The lowest BCUT2D eigenvalue weighted by molar-refractivity contribution is -0.153. The van der Waals surface area contributed by atoms with Crippen molar-refractivity contribution in [2.24, 2.45) is 0 Å². The number of carbonyl (C=O) groups excluding carboxylic acids is 1. The summed E-state index contributed by atoms with van der Waals surface area (Å²) in [5.74, 6) is 0.524. The summed E-state index contributed by atoms with van der Waals surface area (Å²) in [6.45, 7) is 16.0. The van der Waals surface area contributed by atoms with E-state index < -0.39 is 13.9 Å². The Morgan fingerprint density at radius 1 is 0.917 bits per heavy atom. The Morgan fingerprint density at radius 3 is 2.08 bits per heavy atom. The normalized spacial score (nSPS) is 13.8. The van der Waals surface area contributed by atoms with E-state index in [9.17, 15) is 4.79 Å².